The van der Waals surface area contributed by atoms with Crippen molar-refractivity contribution in [3.8, 4) is 0 Å². The molecular formula is C13H17F3N2O2. The molecule has 0 aliphatic rings. The van der Waals surface area contributed by atoms with Crippen molar-refractivity contribution < 1.29 is 23.1 Å². The van der Waals surface area contributed by atoms with Gasteiger partial charge >= 0.3 is 6.18 Å². The highest BCUT2D eigenvalue weighted by Crippen LogP contribution is 2.29. The molecule has 1 amide bonds. The maximum absolute atomic E-state index is 12.5. The monoisotopic (exact) mass is 290 g/mol. The molecule has 112 valence electrons. The molecule has 0 fully saturated rings. The quantitative estimate of drug-likeness (QED) is 0.889. The number of hydrogen-bond donors (Lipinski definition) is 2. The van der Waals surface area contributed by atoms with Gasteiger partial charge in [-0.3, -0.25) is 4.79 Å². The third-order valence-corrected chi connectivity index (χ3v) is 2.83. The zero-order valence-electron chi connectivity index (χ0n) is 11.5. The number of anilines is 1. The van der Waals surface area contributed by atoms with Crippen LogP contribution in [0.3, 0.4) is 0 Å². The van der Waals surface area contributed by atoms with Crippen molar-refractivity contribution in [2.75, 3.05) is 25.5 Å². The zero-order chi connectivity index (χ0) is 15.6. The number of para-hydroxylation sites is 1. The summed E-state index contributed by atoms with van der Waals surface area (Å²) in [5.41, 5.74) is -2.14. The van der Waals surface area contributed by atoms with Crippen molar-refractivity contribution in [1.29, 1.82) is 0 Å². The number of carbonyl (C=O) groups is 1. The Balaban J connectivity index is 2.84. The Labute approximate surface area is 115 Å². The zero-order valence-corrected chi connectivity index (χ0v) is 11.5. The molecule has 4 nitrogen and oxygen atoms in total. The summed E-state index contributed by atoms with van der Waals surface area (Å²) in [5.74, 6) is -0.668. The molecule has 2 N–H and O–H groups in total. The molecule has 0 spiro atoms. The van der Waals surface area contributed by atoms with E-state index in [0.29, 0.717) is 12.6 Å². The lowest BCUT2D eigenvalue weighted by Crippen LogP contribution is -2.51. The van der Waals surface area contributed by atoms with Crippen LogP contribution in [0.15, 0.2) is 24.3 Å². The van der Waals surface area contributed by atoms with Crippen molar-refractivity contribution in [3.05, 3.63) is 29.8 Å². The Hall–Kier alpha value is -1.76. The van der Waals surface area contributed by atoms with E-state index < -0.39 is 24.2 Å². The molecule has 7 heteroatoms. The molecule has 1 aromatic carbocycles. The number of aliphatic hydroxyl groups is 1. The van der Waals surface area contributed by atoms with Crippen molar-refractivity contribution in [2.24, 2.45) is 0 Å². The van der Waals surface area contributed by atoms with Gasteiger partial charge in [-0.15, -0.1) is 0 Å². The van der Waals surface area contributed by atoms with E-state index in [1.807, 2.05) is 0 Å². The van der Waals surface area contributed by atoms with Crippen molar-refractivity contribution in [2.45, 2.75) is 18.7 Å². The van der Waals surface area contributed by atoms with Crippen LogP contribution in [0.25, 0.3) is 0 Å². The molecule has 0 aliphatic heterocycles. The maximum atomic E-state index is 12.5. The maximum Gasteiger partial charge on any atom is 0.418 e. The van der Waals surface area contributed by atoms with Gasteiger partial charge in [0.1, 0.15) is 0 Å². The van der Waals surface area contributed by atoms with Gasteiger partial charge in [-0.2, -0.15) is 13.2 Å². The molecule has 0 aliphatic carbocycles. The van der Waals surface area contributed by atoms with Crippen molar-refractivity contribution >= 4 is 11.6 Å². The van der Waals surface area contributed by atoms with Gasteiger partial charge in [0.2, 0.25) is 0 Å². The van der Waals surface area contributed by atoms with Gasteiger partial charge < -0.3 is 15.3 Å². The fourth-order valence-electron chi connectivity index (χ4n) is 1.50. The van der Waals surface area contributed by atoms with Gasteiger partial charge in [0.05, 0.1) is 12.1 Å². The highest BCUT2D eigenvalue weighted by atomic mass is 19.4. The lowest BCUT2D eigenvalue weighted by Gasteiger charge is -2.26. The second-order valence-corrected chi connectivity index (χ2v) is 4.87. The first kappa shape index (κ1) is 16.3. The van der Waals surface area contributed by atoms with Crippen LogP contribution in [-0.4, -0.2) is 43.4 Å². The molecule has 0 bridgehead atoms. The Bertz CT molecular complexity index is 485. The molecule has 0 aromatic heterocycles. The fourth-order valence-corrected chi connectivity index (χ4v) is 1.50. The van der Waals surface area contributed by atoms with Gasteiger partial charge in [0.15, 0.2) is 5.60 Å². The van der Waals surface area contributed by atoms with E-state index >= 15 is 0 Å². The van der Waals surface area contributed by atoms with Gasteiger partial charge in [-0.1, -0.05) is 12.1 Å². The second kappa shape index (κ2) is 5.70. The van der Waals surface area contributed by atoms with Crippen LogP contribution in [0.2, 0.25) is 0 Å². The summed E-state index contributed by atoms with van der Waals surface area (Å²) >= 11 is 0. The summed E-state index contributed by atoms with van der Waals surface area (Å²) in [5, 5.41) is 11.4. The normalized spacial score (nSPS) is 14.6. The number of rotatable bonds is 4. The first-order chi connectivity index (χ1) is 9.06. The first-order valence-corrected chi connectivity index (χ1v) is 5.90. The molecule has 20 heavy (non-hydrogen) atoms. The van der Waals surface area contributed by atoms with Crippen molar-refractivity contribution in [1.82, 2.24) is 5.32 Å². The van der Waals surface area contributed by atoms with E-state index in [0.717, 1.165) is 0 Å². The molecule has 1 atom stereocenters. The summed E-state index contributed by atoms with van der Waals surface area (Å²) in [6, 6.07) is 6.52. The molecular weight excluding hydrogens is 273 g/mol. The van der Waals surface area contributed by atoms with Crippen LogP contribution in [0.5, 0.6) is 0 Å². The molecule has 1 rings (SSSR count). The topological polar surface area (TPSA) is 52.6 Å². The van der Waals surface area contributed by atoms with Crippen LogP contribution < -0.4 is 10.2 Å². The Kier molecular flexibility index (Phi) is 4.65. The molecule has 0 heterocycles. The Morgan fingerprint density at radius 3 is 2.35 bits per heavy atom. The van der Waals surface area contributed by atoms with Crippen LogP contribution in [0, 0.1) is 0 Å². The van der Waals surface area contributed by atoms with Gasteiger partial charge in [-0.25, -0.2) is 0 Å². The highest BCUT2D eigenvalue weighted by Gasteiger charge is 2.49. The third-order valence-electron chi connectivity index (χ3n) is 2.83. The lowest BCUT2D eigenvalue weighted by molar-refractivity contribution is -0.249. The van der Waals surface area contributed by atoms with E-state index in [4.69, 9.17) is 0 Å². The number of carbonyl (C=O) groups excluding carboxylic acids is 1. The number of halogens is 3. The minimum atomic E-state index is -4.80. The standard InChI is InChI=1S/C13H17F3N2O2/c1-12(20,13(14,15)16)8-17-11(19)9-6-4-5-7-10(9)18(2)3/h4-7,20H,8H2,1-3H3,(H,17,19). The molecule has 1 unspecified atom stereocenters. The Morgan fingerprint density at radius 2 is 1.85 bits per heavy atom. The van der Waals surface area contributed by atoms with E-state index in [9.17, 15) is 23.1 Å². The van der Waals surface area contributed by atoms with Gasteiger partial charge in [0, 0.05) is 19.8 Å². The smallest absolute Gasteiger partial charge is 0.379 e. The Morgan fingerprint density at radius 1 is 1.30 bits per heavy atom. The van der Waals surface area contributed by atoms with Crippen molar-refractivity contribution in [3.63, 3.8) is 0 Å². The van der Waals surface area contributed by atoms with E-state index in [2.05, 4.69) is 5.32 Å². The van der Waals surface area contributed by atoms with Gasteiger partial charge in [0.25, 0.3) is 5.91 Å². The predicted octanol–water partition coefficient (Wildman–Crippen LogP) is 1.80. The first-order valence-electron chi connectivity index (χ1n) is 5.90. The largest absolute Gasteiger partial charge is 0.418 e. The molecule has 0 saturated heterocycles. The predicted molar refractivity (Wildman–Crippen MR) is 69.8 cm³/mol. The molecule has 1 aromatic rings. The third kappa shape index (κ3) is 3.63. The lowest BCUT2D eigenvalue weighted by atomic mass is 10.1. The van der Waals surface area contributed by atoms with E-state index in [1.165, 1.54) is 6.07 Å². The summed E-state index contributed by atoms with van der Waals surface area (Å²) in [6.45, 7) is -0.289. The average Bonchev–Trinajstić information content (AvgIpc) is 2.34. The SMILES string of the molecule is CN(C)c1ccccc1C(=O)NCC(C)(O)C(F)(F)F. The number of hydrogen-bond acceptors (Lipinski definition) is 3. The number of benzene rings is 1. The summed E-state index contributed by atoms with van der Waals surface area (Å²) in [6.07, 6.45) is -4.80. The summed E-state index contributed by atoms with van der Waals surface area (Å²) < 4.78 is 37.5. The number of amides is 1. The molecule has 0 saturated carbocycles. The van der Waals surface area contributed by atoms with Crippen LogP contribution in [-0.2, 0) is 0 Å². The van der Waals surface area contributed by atoms with E-state index in [-0.39, 0.29) is 5.56 Å². The average molecular weight is 290 g/mol. The van der Waals surface area contributed by atoms with Gasteiger partial charge in [-0.05, 0) is 19.1 Å². The minimum absolute atomic E-state index is 0.246. The van der Waals surface area contributed by atoms with E-state index in [1.54, 1.807) is 37.2 Å². The van der Waals surface area contributed by atoms with Crippen LogP contribution in [0.4, 0.5) is 18.9 Å². The highest BCUT2D eigenvalue weighted by molar-refractivity contribution is 5.99. The summed E-state index contributed by atoms with van der Waals surface area (Å²) in [4.78, 5) is 13.6. The summed E-state index contributed by atoms with van der Waals surface area (Å²) in [7, 11) is 3.44. The minimum Gasteiger partial charge on any atom is -0.379 e. The second-order valence-electron chi connectivity index (χ2n) is 4.87. The number of nitrogens with zero attached hydrogens (tertiary/aromatic N) is 1. The molecule has 0 radical (unpaired) electrons. The van der Waals surface area contributed by atoms with Crippen LogP contribution >= 0.6 is 0 Å². The fraction of sp³-hybridized carbons (Fsp3) is 0.462. The number of nitrogens with one attached hydrogen (secondary N) is 1. The van der Waals surface area contributed by atoms with Crippen LogP contribution in [0.1, 0.15) is 17.3 Å². The number of alkyl halides is 3.